The first-order valence-corrected chi connectivity index (χ1v) is 5.52. The van der Waals surface area contributed by atoms with Crippen LogP contribution in [0.1, 0.15) is 10.5 Å². The molecule has 0 fully saturated rings. The predicted molar refractivity (Wildman–Crippen MR) is 67.0 cm³/mol. The Hall–Kier alpha value is -2.89. The van der Waals surface area contributed by atoms with E-state index in [9.17, 15) is 9.90 Å². The molecule has 3 aromatic heterocycles. The number of carbonyl (C=O) groups is 1. The molecule has 0 atom stereocenters. The van der Waals surface area contributed by atoms with Crippen molar-refractivity contribution in [2.24, 2.45) is 0 Å². The number of imidazole rings is 1. The molecular weight excluding hydrogens is 246 g/mol. The average Bonchev–Trinajstić information content (AvgIpc) is 2.81. The highest BCUT2D eigenvalue weighted by molar-refractivity contribution is 5.95. The zero-order valence-electron chi connectivity index (χ0n) is 9.69. The van der Waals surface area contributed by atoms with E-state index in [2.05, 4.69) is 9.97 Å². The van der Waals surface area contributed by atoms with Crippen molar-refractivity contribution < 1.29 is 15.0 Å². The van der Waals surface area contributed by atoms with Crippen LogP contribution in [-0.4, -0.2) is 30.6 Å². The van der Waals surface area contributed by atoms with E-state index >= 15 is 0 Å². The van der Waals surface area contributed by atoms with Gasteiger partial charge in [0.05, 0.1) is 5.52 Å². The largest absolute Gasteiger partial charge is 0.494 e. The van der Waals surface area contributed by atoms with E-state index in [1.54, 1.807) is 36.7 Å². The minimum Gasteiger partial charge on any atom is -0.494 e. The predicted octanol–water partition coefficient (Wildman–Crippen LogP) is 1.80. The molecule has 94 valence electrons. The molecule has 2 N–H and O–H groups in total. The highest BCUT2D eigenvalue weighted by Crippen LogP contribution is 2.26. The first-order chi connectivity index (χ1) is 9.18. The van der Waals surface area contributed by atoms with Gasteiger partial charge < -0.3 is 10.2 Å². The summed E-state index contributed by atoms with van der Waals surface area (Å²) in [5, 5.41) is 19.1. The molecule has 0 amide bonds. The van der Waals surface area contributed by atoms with Crippen molar-refractivity contribution >= 4 is 11.5 Å². The Morgan fingerprint density at radius 1 is 1.21 bits per heavy atom. The van der Waals surface area contributed by atoms with Crippen LogP contribution in [0.3, 0.4) is 0 Å². The van der Waals surface area contributed by atoms with Crippen LogP contribution in [0.4, 0.5) is 0 Å². The second-order valence-corrected chi connectivity index (χ2v) is 3.94. The molecule has 0 spiro atoms. The average molecular weight is 255 g/mol. The van der Waals surface area contributed by atoms with Gasteiger partial charge in [-0.05, 0) is 24.3 Å². The fourth-order valence-electron chi connectivity index (χ4n) is 1.96. The van der Waals surface area contributed by atoms with Gasteiger partial charge in [-0.2, -0.15) is 0 Å². The highest BCUT2D eigenvalue weighted by atomic mass is 16.4. The lowest BCUT2D eigenvalue weighted by Crippen LogP contribution is -1.97. The van der Waals surface area contributed by atoms with E-state index in [0.29, 0.717) is 16.9 Å². The molecule has 6 heteroatoms. The number of fused-ring (bicyclic) bond motifs is 1. The lowest BCUT2D eigenvalue weighted by atomic mass is 10.3. The standard InChI is InChI=1S/C13H9N3O3/c17-10-5-1-4-9-11(13(18)19)15-12(16(9)10)8-3-2-6-14-7-8/h1-7,17H,(H,18,19). The third-order valence-electron chi connectivity index (χ3n) is 2.76. The molecule has 6 nitrogen and oxygen atoms in total. The first kappa shape index (κ1) is 11.2. The van der Waals surface area contributed by atoms with Gasteiger partial charge in [-0.3, -0.25) is 9.38 Å². The number of pyridine rings is 2. The second-order valence-electron chi connectivity index (χ2n) is 3.94. The van der Waals surface area contributed by atoms with Crippen molar-refractivity contribution in [2.75, 3.05) is 0 Å². The summed E-state index contributed by atoms with van der Waals surface area (Å²) in [4.78, 5) is 19.3. The number of hydrogen-bond acceptors (Lipinski definition) is 4. The van der Waals surface area contributed by atoms with Gasteiger partial charge in [-0.25, -0.2) is 9.78 Å². The van der Waals surface area contributed by atoms with Gasteiger partial charge in [0, 0.05) is 18.0 Å². The van der Waals surface area contributed by atoms with Crippen LogP contribution in [0.25, 0.3) is 16.9 Å². The number of carboxylic acids is 1. The highest BCUT2D eigenvalue weighted by Gasteiger charge is 2.19. The zero-order valence-corrected chi connectivity index (χ0v) is 9.69. The number of carboxylic acid groups (broad SMARTS) is 1. The number of nitrogens with zero attached hydrogens (tertiary/aromatic N) is 3. The summed E-state index contributed by atoms with van der Waals surface area (Å²) in [7, 11) is 0. The fraction of sp³-hybridized carbons (Fsp3) is 0. The summed E-state index contributed by atoms with van der Waals surface area (Å²) < 4.78 is 1.39. The van der Waals surface area contributed by atoms with Crippen LogP contribution in [0, 0.1) is 0 Å². The quantitative estimate of drug-likeness (QED) is 0.729. The normalized spacial score (nSPS) is 10.7. The fourth-order valence-corrected chi connectivity index (χ4v) is 1.96. The molecule has 19 heavy (non-hydrogen) atoms. The Morgan fingerprint density at radius 3 is 2.74 bits per heavy atom. The van der Waals surface area contributed by atoms with E-state index in [4.69, 9.17) is 5.11 Å². The van der Waals surface area contributed by atoms with E-state index in [0.717, 1.165) is 0 Å². The third-order valence-corrected chi connectivity index (χ3v) is 2.76. The third kappa shape index (κ3) is 1.70. The summed E-state index contributed by atoms with van der Waals surface area (Å²) in [6.45, 7) is 0. The van der Waals surface area contributed by atoms with Gasteiger partial charge in [0.15, 0.2) is 11.6 Å². The van der Waals surface area contributed by atoms with Crippen molar-refractivity contribution in [3.05, 3.63) is 48.4 Å². The Morgan fingerprint density at radius 2 is 2.05 bits per heavy atom. The lowest BCUT2D eigenvalue weighted by molar-refractivity contribution is 0.0693. The smallest absolute Gasteiger partial charge is 0.356 e. The Balaban J connectivity index is 2.40. The Kier molecular flexibility index (Phi) is 2.42. The van der Waals surface area contributed by atoms with Crippen molar-refractivity contribution in [1.29, 1.82) is 0 Å². The molecule has 0 unspecified atom stereocenters. The molecule has 0 bridgehead atoms. The van der Waals surface area contributed by atoms with E-state index in [1.165, 1.54) is 10.5 Å². The van der Waals surface area contributed by atoms with Gasteiger partial charge in [0.25, 0.3) is 0 Å². The summed E-state index contributed by atoms with van der Waals surface area (Å²) >= 11 is 0. The molecule has 0 saturated heterocycles. The molecule has 0 saturated carbocycles. The van der Waals surface area contributed by atoms with Gasteiger partial charge in [-0.15, -0.1) is 0 Å². The Bertz CT molecular complexity index is 765. The van der Waals surface area contributed by atoms with Gasteiger partial charge in [-0.1, -0.05) is 6.07 Å². The van der Waals surface area contributed by atoms with Crippen LogP contribution in [0.5, 0.6) is 5.88 Å². The van der Waals surface area contributed by atoms with Crippen molar-refractivity contribution in [2.45, 2.75) is 0 Å². The van der Waals surface area contributed by atoms with Crippen LogP contribution in [-0.2, 0) is 0 Å². The van der Waals surface area contributed by atoms with Gasteiger partial charge >= 0.3 is 5.97 Å². The molecule has 0 aromatic carbocycles. The van der Waals surface area contributed by atoms with Crippen LogP contribution >= 0.6 is 0 Å². The minimum absolute atomic E-state index is 0.0728. The number of aromatic carboxylic acids is 1. The van der Waals surface area contributed by atoms with Gasteiger partial charge in [0.2, 0.25) is 0 Å². The Labute approximate surface area is 107 Å². The summed E-state index contributed by atoms with van der Waals surface area (Å²) in [6, 6.07) is 8.11. The second kappa shape index (κ2) is 4.09. The molecule has 3 heterocycles. The summed E-state index contributed by atoms with van der Waals surface area (Å²) in [5.41, 5.74) is 0.868. The lowest BCUT2D eigenvalue weighted by Gasteiger charge is -2.02. The van der Waals surface area contributed by atoms with Crippen LogP contribution < -0.4 is 0 Å². The van der Waals surface area contributed by atoms with Crippen molar-refractivity contribution in [3.63, 3.8) is 0 Å². The number of hydrogen-bond donors (Lipinski definition) is 2. The van der Waals surface area contributed by atoms with E-state index in [-0.39, 0.29) is 11.6 Å². The molecule has 3 rings (SSSR count). The minimum atomic E-state index is -1.14. The van der Waals surface area contributed by atoms with Crippen LogP contribution in [0.15, 0.2) is 42.7 Å². The number of aromatic hydroxyl groups is 1. The topological polar surface area (TPSA) is 87.7 Å². The summed E-state index contributed by atoms with van der Waals surface area (Å²) in [6.07, 6.45) is 3.17. The van der Waals surface area contributed by atoms with E-state index < -0.39 is 5.97 Å². The maximum Gasteiger partial charge on any atom is 0.356 e. The maximum atomic E-state index is 11.2. The van der Waals surface area contributed by atoms with Gasteiger partial charge in [0.1, 0.15) is 5.82 Å². The molecule has 0 radical (unpaired) electrons. The maximum absolute atomic E-state index is 11.2. The molecular formula is C13H9N3O3. The first-order valence-electron chi connectivity index (χ1n) is 5.52. The molecule has 0 aliphatic rings. The monoisotopic (exact) mass is 255 g/mol. The van der Waals surface area contributed by atoms with Crippen molar-refractivity contribution in [3.8, 4) is 17.3 Å². The van der Waals surface area contributed by atoms with Crippen molar-refractivity contribution in [1.82, 2.24) is 14.4 Å². The SMILES string of the molecule is O=C(O)c1nc(-c2cccnc2)n2c(O)cccc12. The number of rotatable bonds is 2. The van der Waals surface area contributed by atoms with E-state index in [1.807, 2.05) is 0 Å². The zero-order chi connectivity index (χ0) is 13.4. The number of aromatic nitrogens is 3. The van der Waals surface area contributed by atoms with Crippen LogP contribution in [0.2, 0.25) is 0 Å². The molecule has 0 aliphatic heterocycles. The molecule has 0 aliphatic carbocycles. The molecule has 3 aromatic rings. The summed E-state index contributed by atoms with van der Waals surface area (Å²) in [5.74, 6) is -0.867.